The van der Waals surface area contributed by atoms with Crippen molar-refractivity contribution in [1.29, 1.82) is 0 Å². The van der Waals surface area contributed by atoms with Crippen LogP contribution in [-0.2, 0) is 23.8 Å². The second-order valence-electron chi connectivity index (χ2n) is 9.27. The predicted octanol–water partition coefficient (Wildman–Crippen LogP) is 0.861. The first-order chi connectivity index (χ1) is 16.6. The quantitative estimate of drug-likeness (QED) is 0.107. The molecule has 11 nitrogen and oxygen atoms in total. The molecule has 7 atom stereocenters. The van der Waals surface area contributed by atoms with Gasteiger partial charge in [-0.15, -0.1) is 0 Å². The number of aliphatic hydroxyl groups excluding tert-OH is 5. The Morgan fingerprint density at radius 2 is 1.31 bits per heavy atom. The number of carbonyl (C=O) groups is 2. The lowest BCUT2D eigenvalue weighted by Gasteiger charge is -2.40. The number of carboxylic acid groups (broad SMARTS) is 1. The van der Waals surface area contributed by atoms with Crippen molar-refractivity contribution >= 4 is 11.9 Å². The number of carboxylic acids is 1. The summed E-state index contributed by atoms with van der Waals surface area (Å²) in [5.74, 6) is -1.73. The summed E-state index contributed by atoms with van der Waals surface area (Å²) in [5.41, 5.74) is 0. The van der Waals surface area contributed by atoms with Crippen molar-refractivity contribution in [3.8, 4) is 0 Å². The van der Waals surface area contributed by atoms with Gasteiger partial charge in [-0.1, -0.05) is 64.2 Å². The van der Waals surface area contributed by atoms with Gasteiger partial charge in [0.05, 0.1) is 12.7 Å². The summed E-state index contributed by atoms with van der Waals surface area (Å²) in [6.45, 7) is 0.807. The van der Waals surface area contributed by atoms with Crippen molar-refractivity contribution in [1.82, 2.24) is 0 Å². The number of rotatable bonds is 19. The predicted molar refractivity (Wildman–Crippen MR) is 124 cm³/mol. The molecule has 0 amide bonds. The minimum absolute atomic E-state index is 0.103. The summed E-state index contributed by atoms with van der Waals surface area (Å²) in [6, 6.07) is 0. The number of aliphatic hydroxyl groups is 5. The topological polar surface area (TPSA) is 183 Å². The molecule has 206 valence electrons. The van der Waals surface area contributed by atoms with Gasteiger partial charge in [0, 0.05) is 6.92 Å². The molecule has 0 saturated carbocycles. The highest BCUT2D eigenvalue weighted by Crippen LogP contribution is 2.23. The van der Waals surface area contributed by atoms with Crippen LogP contribution in [0, 0.1) is 0 Å². The number of aliphatic carboxylic acids is 1. The van der Waals surface area contributed by atoms with Crippen LogP contribution >= 0.6 is 0 Å². The molecule has 1 aliphatic rings. The first-order valence-electron chi connectivity index (χ1n) is 12.7. The zero-order chi connectivity index (χ0) is 26.2. The molecule has 1 rings (SSSR count). The second-order valence-corrected chi connectivity index (χ2v) is 9.27. The maximum absolute atomic E-state index is 11.0. The highest BCUT2D eigenvalue weighted by molar-refractivity contribution is 5.71. The Morgan fingerprint density at radius 1 is 0.800 bits per heavy atom. The molecule has 1 aliphatic heterocycles. The highest BCUT2D eigenvalue weighted by Gasteiger charge is 2.44. The van der Waals surface area contributed by atoms with Crippen LogP contribution in [0.25, 0.3) is 0 Å². The van der Waals surface area contributed by atoms with E-state index in [2.05, 4.69) is 0 Å². The first-order valence-corrected chi connectivity index (χ1v) is 12.7. The van der Waals surface area contributed by atoms with Gasteiger partial charge in [-0.3, -0.25) is 4.79 Å². The molecule has 6 N–H and O–H groups in total. The Balaban J connectivity index is 2.05. The zero-order valence-corrected chi connectivity index (χ0v) is 20.7. The zero-order valence-electron chi connectivity index (χ0n) is 20.7. The standard InChI is InChI=1S/C24H44O11/c1-16(25)33-15-19-20(28)21(29)22(30)24(35-19)34-14-17(26)12-10-8-6-4-2-3-5-7-9-11-13-18(27)23(31)32/h17-22,24,26-30H,2-15H2,1H3,(H,31,32)/t17?,18?,19-,20-,21+,22-,24-/m1/s1. The third-order valence-corrected chi connectivity index (χ3v) is 6.12. The molecule has 0 bridgehead atoms. The molecular formula is C24H44O11. The molecule has 11 heteroatoms. The van der Waals surface area contributed by atoms with Crippen LogP contribution in [0.5, 0.6) is 0 Å². The van der Waals surface area contributed by atoms with Crippen molar-refractivity contribution in [3.63, 3.8) is 0 Å². The van der Waals surface area contributed by atoms with E-state index in [4.69, 9.17) is 19.3 Å². The SMILES string of the molecule is CC(=O)OC[C@H]1O[C@@H](OCC(O)CCCCCCCCCCCCC(O)C(=O)O)[C@H](O)[C@@H](O)[C@@H]1O. The molecule has 0 aromatic heterocycles. The first kappa shape index (κ1) is 31.7. The van der Waals surface area contributed by atoms with Gasteiger partial charge >= 0.3 is 11.9 Å². The van der Waals surface area contributed by atoms with Crippen molar-refractivity contribution in [2.45, 2.75) is 127 Å². The fourth-order valence-electron chi connectivity index (χ4n) is 3.94. The Morgan fingerprint density at radius 3 is 1.83 bits per heavy atom. The lowest BCUT2D eigenvalue weighted by molar-refractivity contribution is -0.305. The number of hydrogen-bond acceptors (Lipinski definition) is 10. The Kier molecular flexibility index (Phi) is 16.3. The van der Waals surface area contributed by atoms with Gasteiger partial charge in [0.25, 0.3) is 0 Å². The van der Waals surface area contributed by atoms with Crippen LogP contribution in [0.1, 0.15) is 84.0 Å². The van der Waals surface area contributed by atoms with E-state index in [0.29, 0.717) is 12.8 Å². The lowest BCUT2D eigenvalue weighted by atomic mass is 9.99. The van der Waals surface area contributed by atoms with Crippen LogP contribution in [0.3, 0.4) is 0 Å². The van der Waals surface area contributed by atoms with Gasteiger partial charge in [0.2, 0.25) is 0 Å². The minimum Gasteiger partial charge on any atom is -0.479 e. The van der Waals surface area contributed by atoms with Crippen LogP contribution in [0.4, 0.5) is 0 Å². The average molecular weight is 509 g/mol. The van der Waals surface area contributed by atoms with Gasteiger partial charge in [0.1, 0.15) is 31.0 Å². The summed E-state index contributed by atoms with van der Waals surface area (Å²) in [4.78, 5) is 21.5. The van der Waals surface area contributed by atoms with E-state index in [-0.39, 0.29) is 13.2 Å². The van der Waals surface area contributed by atoms with Gasteiger partial charge in [-0.25, -0.2) is 4.79 Å². The third kappa shape index (κ3) is 13.5. The summed E-state index contributed by atoms with van der Waals surface area (Å²) < 4.78 is 15.6. The second kappa shape index (κ2) is 18.0. The number of ether oxygens (including phenoxy) is 3. The fourth-order valence-corrected chi connectivity index (χ4v) is 3.94. The molecule has 35 heavy (non-hydrogen) atoms. The van der Waals surface area contributed by atoms with E-state index in [1.165, 1.54) is 6.92 Å². The monoisotopic (exact) mass is 508 g/mol. The maximum atomic E-state index is 11.0. The van der Waals surface area contributed by atoms with Crippen LogP contribution < -0.4 is 0 Å². The molecule has 2 unspecified atom stereocenters. The molecule has 1 fully saturated rings. The molecule has 0 aromatic carbocycles. The number of unbranched alkanes of at least 4 members (excludes halogenated alkanes) is 9. The molecule has 0 aromatic rings. The number of hydrogen-bond donors (Lipinski definition) is 6. The Labute approximate surface area is 207 Å². The van der Waals surface area contributed by atoms with Crippen LogP contribution in [0.15, 0.2) is 0 Å². The molecule has 0 aliphatic carbocycles. The highest BCUT2D eigenvalue weighted by atomic mass is 16.7. The average Bonchev–Trinajstić information content (AvgIpc) is 2.81. The van der Waals surface area contributed by atoms with Gasteiger partial charge in [-0.2, -0.15) is 0 Å². The molecule has 1 heterocycles. The summed E-state index contributed by atoms with van der Waals surface area (Å²) in [6.07, 6.45) is 2.05. The number of esters is 1. The van der Waals surface area contributed by atoms with E-state index < -0.39 is 54.9 Å². The lowest BCUT2D eigenvalue weighted by Crippen LogP contribution is -2.59. The summed E-state index contributed by atoms with van der Waals surface area (Å²) in [5, 5.41) is 57.9. The molecule has 0 spiro atoms. The smallest absolute Gasteiger partial charge is 0.332 e. The largest absolute Gasteiger partial charge is 0.479 e. The minimum atomic E-state index is -1.53. The van der Waals surface area contributed by atoms with Gasteiger partial charge < -0.3 is 44.8 Å². The van der Waals surface area contributed by atoms with E-state index in [1.54, 1.807) is 0 Å². The summed E-state index contributed by atoms with van der Waals surface area (Å²) >= 11 is 0. The molecular weight excluding hydrogens is 464 g/mol. The Hall–Kier alpha value is -1.34. The van der Waals surface area contributed by atoms with Crippen molar-refractivity contribution in [2.75, 3.05) is 13.2 Å². The van der Waals surface area contributed by atoms with E-state index in [9.17, 15) is 35.1 Å². The van der Waals surface area contributed by atoms with Crippen LogP contribution in [-0.4, -0.2) is 98.7 Å². The Bertz CT molecular complexity index is 588. The normalized spacial score (nSPS) is 26.3. The fraction of sp³-hybridized carbons (Fsp3) is 0.917. The van der Waals surface area contributed by atoms with E-state index in [0.717, 1.165) is 64.2 Å². The van der Waals surface area contributed by atoms with Gasteiger partial charge in [0.15, 0.2) is 12.4 Å². The van der Waals surface area contributed by atoms with Gasteiger partial charge in [-0.05, 0) is 12.8 Å². The summed E-state index contributed by atoms with van der Waals surface area (Å²) in [7, 11) is 0. The van der Waals surface area contributed by atoms with Crippen molar-refractivity contribution < 1.29 is 54.4 Å². The van der Waals surface area contributed by atoms with E-state index >= 15 is 0 Å². The van der Waals surface area contributed by atoms with Crippen molar-refractivity contribution in [3.05, 3.63) is 0 Å². The third-order valence-electron chi connectivity index (χ3n) is 6.12. The van der Waals surface area contributed by atoms with Crippen molar-refractivity contribution in [2.24, 2.45) is 0 Å². The maximum Gasteiger partial charge on any atom is 0.332 e. The van der Waals surface area contributed by atoms with Crippen LogP contribution in [0.2, 0.25) is 0 Å². The molecule has 1 saturated heterocycles. The number of carbonyl (C=O) groups excluding carboxylic acids is 1. The molecule has 0 radical (unpaired) electrons. The van der Waals surface area contributed by atoms with E-state index in [1.807, 2.05) is 0 Å².